The van der Waals surface area contributed by atoms with E-state index in [1.165, 1.54) is 0 Å². The van der Waals surface area contributed by atoms with Crippen molar-refractivity contribution in [1.82, 2.24) is 5.32 Å². The number of carbonyl (C=O) groups is 2. The molecule has 0 aromatic heterocycles. The molecular weight excluding hydrogens is 182 g/mol. The van der Waals surface area contributed by atoms with Gasteiger partial charge >= 0.3 is 0 Å². The minimum Gasteiger partial charge on any atom is -0.463 e. The highest BCUT2D eigenvalue weighted by Crippen LogP contribution is 2.17. The zero-order valence-corrected chi connectivity index (χ0v) is 7.45. The molecule has 0 saturated heterocycles. The first kappa shape index (κ1) is 8.74. The van der Waals surface area contributed by atoms with Crippen molar-refractivity contribution in [2.24, 2.45) is 0 Å². The molecule has 0 spiro atoms. The lowest BCUT2D eigenvalue weighted by Crippen LogP contribution is -2.12. The van der Waals surface area contributed by atoms with Gasteiger partial charge in [-0.05, 0) is 17.2 Å². The maximum atomic E-state index is 11.3. The fourth-order valence-electron chi connectivity index (χ4n) is 1.48. The predicted molar refractivity (Wildman–Crippen MR) is 48.5 cm³/mol. The number of hydrogen-bond acceptors (Lipinski definition) is 3. The van der Waals surface area contributed by atoms with Gasteiger partial charge in [-0.15, -0.1) is 0 Å². The van der Waals surface area contributed by atoms with E-state index in [2.05, 4.69) is 10.1 Å². The van der Waals surface area contributed by atoms with Crippen molar-refractivity contribution in [3.8, 4) is 0 Å². The molecule has 0 aliphatic carbocycles. The third kappa shape index (κ3) is 1.46. The van der Waals surface area contributed by atoms with Crippen LogP contribution in [0.5, 0.6) is 0 Å². The molecule has 1 amide bonds. The van der Waals surface area contributed by atoms with Gasteiger partial charge in [0.25, 0.3) is 12.4 Å². The fraction of sp³-hybridized carbons (Fsp3) is 0.200. The van der Waals surface area contributed by atoms with E-state index >= 15 is 0 Å². The van der Waals surface area contributed by atoms with Gasteiger partial charge in [0.2, 0.25) is 0 Å². The van der Waals surface area contributed by atoms with Crippen LogP contribution in [0.15, 0.2) is 18.2 Å². The molecule has 1 N–H and O–H groups in total. The molecule has 1 aromatic rings. The predicted octanol–water partition coefficient (Wildman–Crippen LogP) is 0.603. The summed E-state index contributed by atoms with van der Waals surface area (Å²) in [7, 11) is 0. The van der Waals surface area contributed by atoms with Crippen LogP contribution < -0.4 is 5.32 Å². The van der Waals surface area contributed by atoms with Gasteiger partial charge in [-0.3, -0.25) is 9.59 Å². The fourth-order valence-corrected chi connectivity index (χ4v) is 1.48. The summed E-state index contributed by atoms with van der Waals surface area (Å²) in [5.41, 5.74) is 2.50. The summed E-state index contributed by atoms with van der Waals surface area (Å²) in [5.74, 6) is -0.0621. The molecule has 0 radical (unpaired) electrons. The number of fused-ring (bicyclic) bond motifs is 1. The summed E-state index contributed by atoms with van der Waals surface area (Å²) in [6, 6.07) is 5.47. The Bertz CT molecular complexity index is 387. The number of rotatable bonds is 3. The van der Waals surface area contributed by atoms with Crippen molar-refractivity contribution in [2.75, 3.05) is 0 Å². The van der Waals surface area contributed by atoms with Crippen LogP contribution in [-0.2, 0) is 22.7 Å². The first-order valence-corrected chi connectivity index (χ1v) is 4.26. The topological polar surface area (TPSA) is 55.4 Å². The van der Waals surface area contributed by atoms with Gasteiger partial charge in [0.1, 0.15) is 6.61 Å². The van der Waals surface area contributed by atoms with E-state index < -0.39 is 0 Å². The Balaban J connectivity index is 2.25. The molecule has 1 aromatic carbocycles. The molecule has 2 rings (SSSR count). The lowest BCUT2D eigenvalue weighted by molar-refractivity contribution is -0.129. The highest BCUT2D eigenvalue weighted by molar-refractivity contribution is 5.98. The molecule has 0 unspecified atom stereocenters. The second kappa shape index (κ2) is 3.49. The van der Waals surface area contributed by atoms with Crippen LogP contribution in [0.25, 0.3) is 0 Å². The second-order valence-electron chi connectivity index (χ2n) is 3.08. The van der Waals surface area contributed by atoms with E-state index in [4.69, 9.17) is 0 Å². The molecule has 1 aliphatic heterocycles. The zero-order chi connectivity index (χ0) is 9.97. The Kier molecular flexibility index (Phi) is 2.18. The molecule has 4 nitrogen and oxygen atoms in total. The van der Waals surface area contributed by atoms with E-state index in [0.717, 1.165) is 11.1 Å². The summed E-state index contributed by atoms with van der Waals surface area (Å²) in [6.07, 6.45) is 0. The van der Waals surface area contributed by atoms with Gasteiger partial charge < -0.3 is 10.1 Å². The Morgan fingerprint density at radius 3 is 3.14 bits per heavy atom. The van der Waals surface area contributed by atoms with E-state index in [1.807, 2.05) is 12.1 Å². The Morgan fingerprint density at radius 2 is 2.36 bits per heavy atom. The van der Waals surface area contributed by atoms with Crippen LogP contribution in [-0.4, -0.2) is 12.4 Å². The third-order valence-corrected chi connectivity index (χ3v) is 2.18. The summed E-state index contributed by atoms with van der Waals surface area (Å²) in [6.45, 7) is 1.19. The molecule has 14 heavy (non-hydrogen) atoms. The first-order valence-electron chi connectivity index (χ1n) is 4.26. The minimum absolute atomic E-state index is 0.0621. The van der Waals surface area contributed by atoms with Crippen molar-refractivity contribution in [1.29, 1.82) is 0 Å². The molecule has 4 heteroatoms. The van der Waals surface area contributed by atoms with Crippen molar-refractivity contribution >= 4 is 12.4 Å². The molecule has 0 saturated carbocycles. The number of amides is 1. The van der Waals surface area contributed by atoms with Gasteiger partial charge in [0, 0.05) is 12.1 Å². The van der Waals surface area contributed by atoms with Gasteiger partial charge in [-0.2, -0.15) is 0 Å². The van der Waals surface area contributed by atoms with E-state index in [9.17, 15) is 9.59 Å². The van der Waals surface area contributed by atoms with E-state index in [-0.39, 0.29) is 12.5 Å². The molecule has 1 aliphatic rings. The van der Waals surface area contributed by atoms with Crippen LogP contribution >= 0.6 is 0 Å². The minimum atomic E-state index is -0.0621. The summed E-state index contributed by atoms with van der Waals surface area (Å²) < 4.78 is 4.60. The SMILES string of the molecule is O=COCc1ccc2c(c1)C(=O)NC2. The van der Waals surface area contributed by atoms with Crippen molar-refractivity contribution in [3.05, 3.63) is 34.9 Å². The van der Waals surface area contributed by atoms with Crippen LogP contribution in [0.2, 0.25) is 0 Å². The summed E-state index contributed by atoms with van der Waals surface area (Å²) in [4.78, 5) is 21.2. The van der Waals surface area contributed by atoms with Gasteiger partial charge in [-0.1, -0.05) is 12.1 Å². The van der Waals surface area contributed by atoms with E-state index in [0.29, 0.717) is 18.6 Å². The quantitative estimate of drug-likeness (QED) is 0.712. The Labute approximate surface area is 80.9 Å². The number of benzene rings is 1. The van der Waals surface area contributed by atoms with Crippen LogP contribution in [0.4, 0.5) is 0 Å². The van der Waals surface area contributed by atoms with Gasteiger partial charge in [0.15, 0.2) is 0 Å². The highest BCUT2D eigenvalue weighted by Gasteiger charge is 2.18. The molecule has 0 atom stereocenters. The summed E-state index contributed by atoms with van der Waals surface area (Å²) >= 11 is 0. The lowest BCUT2D eigenvalue weighted by Gasteiger charge is -2.01. The molecule has 1 heterocycles. The number of hydrogen-bond donors (Lipinski definition) is 1. The van der Waals surface area contributed by atoms with Crippen molar-refractivity contribution < 1.29 is 14.3 Å². The highest BCUT2D eigenvalue weighted by atomic mass is 16.5. The number of nitrogens with one attached hydrogen (secondary N) is 1. The van der Waals surface area contributed by atoms with Crippen LogP contribution in [0.3, 0.4) is 0 Å². The van der Waals surface area contributed by atoms with Gasteiger partial charge in [0.05, 0.1) is 0 Å². The average Bonchev–Trinajstić information content (AvgIpc) is 2.57. The third-order valence-electron chi connectivity index (χ3n) is 2.18. The first-order chi connectivity index (χ1) is 6.81. The van der Waals surface area contributed by atoms with Crippen molar-refractivity contribution in [3.63, 3.8) is 0 Å². The summed E-state index contributed by atoms with van der Waals surface area (Å²) in [5, 5.41) is 2.72. The Hall–Kier alpha value is -1.84. The average molecular weight is 191 g/mol. The smallest absolute Gasteiger partial charge is 0.293 e. The number of ether oxygens (including phenoxy) is 1. The zero-order valence-electron chi connectivity index (χ0n) is 7.45. The van der Waals surface area contributed by atoms with Crippen LogP contribution in [0, 0.1) is 0 Å². The maximum absolute atomic E-state index is 11.3. The Morgan fingerprint density at radius 1 is 1.50 bits per heavy atom. The lowest BCUT2D eigenvalue weighted by atomic mass is 10.1. The molecule has 0 fully saturated rings. The molecular formula is C10H9NO3. The molecule has 0 bridgehead atoms. The molecule has 72 valence electrons. The normalized spacial score (nSPS) is 13.3. The van der Waals surface area contributed by atoms with Crippen molar-refractivity contribution in [2.45, 2.75) is 13.2 Å². The second-order valence-corrected chi connectivity index (χ2v) is 3.08. The largest absolute Gasteiger partial charge is 0.463 e. The maximum Gasteiger partial charge on any atom is 0.293 e. The number of carbonyl (C=O) groups excluding carboxylic acids is 2. The van der Waals surface area contributed by atoms with Crippen LogP contribution in [0.1, 0.15) is 21.5 Å². The monoisotopic (exact) mass is 191 g/mol. The van der Waals surface area contributed by atoms with E-state index in [1.54, 1.807) is 6.07 Å². The van der Waals surface area contributed by atoms with Gasteiger partial charge in [-0.25, -0.2) is 0 Å². The standard InChI is InChI=1S/C10H9NO3/c12-6-14-5-7-1-2-8-4-11-10(13)9(8)3-7/h1-3,6H,4-5H2,(H,11,13).